The zero-order valence-corrected chi connectivity index (χ0v) is 11.0. The third-order valence-corrected chi connectivity index (χ3v) is 3.70. The molecular formula is C13H22N4. The van der Waals surface area contributed by atoms with Gasteiger partial charge in [-0.1, -0.05) is 20.8 Å². The molecule has 1 aliphatic heterocycles. The average Bonchev–Trinajstić information content (AvgIpc) is 2.40. The predicted octanol–water partition coefficient (Wildman–Crippen LogP) is 1.57. The molecule has 0 unspecified atom stereocenters. The smallest absolute Gasteiger partial charge is 0.225 e. The van der Waals surface area contributed by atoms with Crippen molar-refractivity contribution in [2.45, 2.75) is 32.6 Å². The molecule has 1 aromatic rings. The van der Waals surface area contributed by atoms with Crippen molar-refractivity contribution in [1.82, 2.24) is 15.3 Å². The monoisotopic (exact) mass is 234 g/mol. The minimum absolute atomic E-state index is 0.169. The highest BCUT2D eigenvalue weighted by atomic mass is 15.3. The SMILES string of the molecule is CCC(C)(C)c1cnc(N2CCNCC2)nc1. The quantitative estimate of drug-likeness (QED) is 0.862. The zero-order chi connectivity index (χ0) is 12.3. The number of rotatable bonds is 3. The molecule has 0 bridgehead atoms. The Morgan fingerprint density at radius 3 is 2.35 bits per heavy atom. The lowest BCUT2D eigenvalue weighted by Gasteiger charge is -2.28. The zero-order valence-electron chi connectivity index (χ0n) is 11.0. The molecule has 0 spiro atoms. The van der Waals surface area contributed by atoms with Gasteiger partial charge >= 0.3 is 0 Å². The van der Waals surface area contributed by atoms with Crippen molar-refractivity contribution in [3.05, 3.63) is 18.0 Å². The normalized spacial score (nSPS) is 17.2. The van der Waals surface area contributed by atoms with E-state index in [4.69, 9.17) is 0 Å². The molecule has 2 heterocycles. The van der Waals surface area contributed by atoms with Crippen LogP contribution in [0, 0.1) is 0 Å². The molecule has 4 nitrogen and oxygen atoms in total. The van der Waals surface area contributed by atoms with Crippen molar-refractivity contribution < 1.29 is 0 Å². The molecule has 94 valence electrons. The van der Waals surface area contributed by atoms with Gasteiger partial charge in [-0.3, -0.25) is 0 Å². The van der Waals surface area contributed by atoms with Gasteiger partial charge in [0.15, 0.2) is 0 Å². The fourth-order valence-corrected chi connectivity index (χ4v) is 1.90. The predicted molar refractivity (Wildman–Crippen MR) is 70.4 cm³/mol. The summed E-state index contributed by atoms with van der Waals surface area (Å²) in [5.41, 5.74) is 1.39. The van der Waals surface area contributed by atoms with Crippen LogP contribution in [0.25, 0.3) is 0 Å². The molecule has 0 saturated carbocycles. The van der Waals surface area contributed by atoms with Gasteiger partial charge in [0.05, 0.1) is 0 Å². The van der Waals surface area contributed by atoms with Crippen molar-refractivity contribution in [3.8, 4) is 0 Å². The van der Waals surface area contributed by atoms with E-state index in [2.05, 4.69) is 41.0 Å². The second kappa shape index (κ2) is 5.00. The summed E-state index contributed by atoms with van der Waals surface area (Å²) in [7, 11) is 0. The highest BCUT2D eigenvalue weighted by Crippen LogP contribution is 2.25. The minimum Gasteiger partial charge on any atom is -0.338 e. The number of anilines is 1. The summed E-state index contributed by atoms with van der Waals surface area (Å²) in [5, 5.41) is 3.33. The van der Waals surface area contributed by atoms with E-state index in [0.717, 1.165) is 38.5 Å². The first-order valence-corrected chi connectivity index (χ1v) is 6.41. The lowest BCUT2D eigenvalue weighted by atomic mass is 9.84. The molecule has 0 amide bonds. The number of hydrogen-bond acceptors (Lipinski definition) is 4. The van der Waals surface area contributed by atoms with Crippen molar-refractivity contribution >= 4 is 5.95 Å². The van der Waals surface area contributed by atoms with Gasteiger partial charge < -0.3 is 10.2 Å². The van der Waals surface area contributed by atoms with Gasteiger partial charge in [0, 0.05) is 38.6 Å². The van der Waals surface area contributed by atoms with Gasteiger partial charge in [-0.25, -0.2) is 9.97 Å². The Morgan fingerprint density at radius 2 is 1.82 bits per heavy atom. The Hall–Kier alpha value is -1.16. The van der Waals surface area contributed by atoms with Gasteiger partial charge in [0.25, 0.3) is 0 Å². The van der Waals surface area contributed by atoms with Crippen LogP contribution in [0.15, 0.2) is 12.4 Å². The summed E-state index contributed by atoms with van der Waals surface area (Å²) < 4.78 is 0. The van der Waals surface area contributed by atoms with Gasteiger partial charge in [-0.2, -0.15) is 0 Å². The third-order valence-electron chi connectivity index (χ3n) is 3.70. The molecule has 0 aliphatic carbocycles. The molecule has 1 fully saturated rings. The summed E-state index contributed by atoms with van der Waals surface area (Å²) in [5.74, 6) is 0.863. The lowest BCUT2D eigenvalue weighted by Crippen LogP contribution is -2.44. The maximum Gasteiger partial charge on any atom is 0.225 e. The topological polar surface area (TPSA) is 41.1 Å². The van der Waals surface area contributed by atoms with E-state index in [-0.39, 0.29) is 5.41 Å². The van der Waals surface area contributed by atoms with E-state index in [1.165, 1.54) is 5.56 Å². The fourth-order valence-electron chi connectivity index (χ4n) is 1.90. The van der Waals surface area contributed by atoms with Crippen LogP contribution < -0.4 is 10.2 Å². The number of nitrogens with one attached hydrogen (secondary N) is 1. The third kappa shape index (κ3) is 2.75. The number of nitrogens with zero attached hydrogens (tertiary/aromatic N) is 3. The molecule has 0 radical (unpaired) electrons. The van der Waals surface area contributed by atoms with Crippen molar-refractivity contribution in [2.24, 2.45) is 0 Å². The van der Waals surface area contributed by atoms with Crippen molar-refractivity contribution in [3.63, 3.8) is 0 Å². The van der Waals surface area contributed by atoms with Gasteiger partial charge in [-0.15, -0.1) is 0 Å². The van der Waals surface area contributed by atoms with Crippen molar-refractivity contribution in [1.29, 1.82) is 0 Å². The van der Waals surface area contributed by atoms with E-state index < -0.39 is 0 Å². The molecule has 1 aromatic heterocycles. The molecule has 17 heavy (non-hydrogen) atoms. The summed E-state index contributed by atoms with van der Waals surface area (Å²) in [4.78, 5) is 11.2. The van der Waals surface area contributed by atoms with Gasteiger partial charge in [0.2, 0.25) is 5.95 Å². The molecule has 0 atom stereocenters. The molecule has 2 rings (SSSR count). The molecule has 1 aliphatic rings. The maximum absolute atomic E-state index is 4.50. The van der Waals surface area contributed by atoms with Crippen molar-refractivity contribution in [2.75, 3.05) is 31.1 Å². The Morgan fingerprint density at radius 1 is 1.24 bits per heavy atom. The van der Waals surface area contributed by atoms with Crippen LogP contribution >= 0.6 is 0 Å². The van der Waals surface area contributed by atoms with Crippen LogP contribution in [0.2, 0.25) is 0 Å². The van der Waals surface area contributed by atoms with Crippen LogP contribution in [0.5, 0.6) is 0 Å². The minimum atomic E-state index is 0.169. The molecule has 0 aromatic carbocycles. The Kier molecular flexibility index (Phi) is 3.62. The van der Waals surface area contributed by atoms with E-state index in [1.807, 2.05) is 12.4 Å². The largest absolute Gasteiger partial charge is 0.338 e. The van der Waals surface area contributed by atoms with E-state index in [1.54, 1.807) is 0 Å². The molecule has 4 heteroatoms. The Balaban J connectivity index is 2.12. The lowest BCUT2D eigenvalue weighted by molar-refractivity contribution is 0.501. The van der Waals surface area contributed by atoms with E-state index in [0.29, 0.717) is 0 Å². The Labute approximate surface area is 103 Å². The molecule has 1 N–H and O–H groups in total. The van der Waals surface area contributed by atoms with Gasteiger partial charge in [-0.05, 0) is 17.4 Å². The highest BCUT2D eigenvalue weighted by molar-refractivity contribution is 5.32. The van der Waals surface area contributed by atoms with Gasteiger partial charge in [0.1, 0.15) is 0 Å². The van der Waals surface area contributed by atoms with E-state index >= 15 is 0 Å². The summed E-state index contributed by atoms with van der Waals surface area (Å²) in [6, 6.07) is 0. The standard InChI is InChI=1S/C13H22N4/c1-4-13(2,3)11-9-15-12(16-10-11)17-7-5-14-6-8-17/h9-10,14H,4-8H2,1-3H3. The first-order valence-electron chi connectivity index (χ1n) is 6.41. The van der Waals surface area contributed by atoms with Crippen LogP contribution in [-0.4, -0.2) is 36.1 Å². The Bertz CT molecular complexity index is 352. The van der Waals surface area contributed by atoms with Crippen LogP contribution in [0.4, 0.5) is 5.95 Å². The summed E-state index contributed by atoms with van der Waals surface area (Å²) >= 11 is 0. The maximum atomic E-state index is 4.50. The number of piperazine rings is 1. The second-order valence-electron chi connectivity index (χ2n) is 5.25. The average molecular weight is 234 g/mol. The van der Waals surface area contributed by atoms with Crippen LogP contribution in [0.3, 0.4) is 0 Å². The summed E-state index contributed by atoms with van der Waals surface area (Å²) in [6.45, 7) is 10.7. The first kappa shape index (κ1) is 12.3. The fraction of sp³-hybridized carbons (Fsp3) is 0.692. The first-order chi connectivity index (χ1) is 8.13. The number of aromatic nitrogens is 2. The van der Waals surface area contributed by atoms with E-state index in [9.17, 15) is 0 Å². The van der Waals surface area contributed by atoms with Crippen LogP contribution in [0.1, 0.15) is 32.8 Å². The highest BCUT2D eigenvalue weighted by Gasteiger charge is 2.20. The summed E-state index contributed by atoms with van der Waals surface area (Å²) in [6.07, 6.45) is 5.06. The molecular weight excluding hydrogens is 212 g/mol. The molecule has 1 saturated heterocycles. The second-order valence-corrected chi connectivity index (χ2v) is 5.25. The van der Waals surface area contributed by atoms with Crippen LogP contribution in [-0.2, 0) is 5.41 Å². The number of hydrogen-bond donors (Lipinski definition) is 1.